The molecule has 1 saturated heterocycles. The number of rotatable bonds is 6. The molecule has 2 heterocycles. The highest BCUT2D eigenvalue weighted by Gasteiger charge is 2.20. The quantitative estimate of drug-likeness (QED) is 0.371. The van der Waals surface area contributed by atoms with E-state index in [1.54, 1.807) is 0 Å². The van der Waals surface area contributed by atoms with Gasteiger partial charge in [-0.3, -0.25) is 4.99 Å². The SMILES string of the molecule is CN=C(NCCc1cc2ccccc2o1)NC1CCN(CC(C)C)CC1.I. The third-order valence-electron chi connectivity index (χ3n) is 4.92. The Bertz CT molecular complexity index is 687. The van der Waals surface area contributed by atoms with Gasteiger partial charge >= 0.3 is 0 Å². The summed E-state index contributed by atoms with van der Waals surface area (Å²) in [6.07, 6.45) is 3.20. The van der Waals surface area contributed by atoms with E-state index in [9.17, 15) is 0 Å². The van der Waals surface area contributed by atoms with Gasteiger partial charge in [0.25, 0.3) is 0 Å². The summed E-state index contributed by atoms with van der Waals surface area (Å²) in [6.45, 7) is 8.94. The van der Waals surface area contributed by atoms with E-state index in [1.807, 2.05) is 25.2 Å². The minimum absolute atomic E-state index is 0. The zero-order valence-electron chi connectivity index (χ0n) is 16.7. The van der Waals surface area contributed by atoms with Crippen LogP contribution in [0.5, 0.6) is 0 Å². The second-order valence-electron chi connectivity index (χ2n) is 7.61. The van der Waals surface area contributed by atoms with E-state index in [0.29, 0.717) is 6.04 Å². The Kier molecular flexibility index (Phi) is 8.89. The third-order valence-corrected chi connectivity index (χ3v) is 4.92. The molecule has 5 nitrogen and oxygen atoms in total. The van der Waals surface area contributed by atoms with Crippen molar-refractivity contribution in [2.24, 2.45) is 10.9 Å². The third kappa shape index (κ3) is 6.68. The van der Waals surface area contributed by atoms with Crippen LogP contribution in [0, 0.1) is 5.92 Å². The molecule has 0 amide bonds. The molecule has 2 aromatic rings. The molecule has 1 aliphatic heterocycles. The highest BCUT2D eigenvalue weighted by Crippen LogP contribution is 2.18. The molecule has 3 rings (SSSR count). The normalized spacial score (nSPS) is 16.5. The van der Waals surface area contributed by atoms with Gasteiger partial charge in [0.1, 0.15) is 11.3 Å². The number of para-hydroxylation sites is 1. The van der Waals surface area contributed by atoms with E-state index in [-0.39, 0.29) is 24.0 Å². The maximum atomic E-state index is 5.87. The summed E-state index contributed by atoms with van der Waals surface area (Å²) in [5, 5.41) is 8.16. The lowest BCUT2D eigenvalue weighted by molar-refractivity contribution is 0.187. The molecule has 0 radical (unpaired) electrons. The molecule has 0 unspecified atom stereocenters. The van der Waals surface area contributed by atoms with Crippen molar-refractivity contribution < 1.29 is 4.42 Å². The van der Waals surface area contributed by atoms with Gasteiger partial charge in [-0.25, -0.2) is 0 Å². The molecule has 0 aliphatic carbocycles. The smallest absolute Gasteiger partial charge is 0.191 e. The fraction of sp³-hybridized carbons (Fsp3) is 0.571. The van der Waals surface area contributed by atoms with E-state index in [1.165, 1.54) is 32.5 Å². The molecule has 0 atom stereocenters. The van der Waals surface area contributed by atoms with Crippen molar-refractivity contribution in [2.45, 2.75) is 39.2 Å². The van der Waals surface area contributed by atoms with Crippen LogP contribution in [0.3, 0.4) is 0 Å². The molecule has 27 heavy (non-hydrogen) atoms. The van der Waals surface area contributed by atoms with Crippen molar-refractivity contribution in [3.8, 4) is 0 Å². The summed E-state index contributed by atoms with van der Waals surface area (Å²) in [6, 6.07) is 10.8. The van der Waals surface area contributed by atoms with Crippen molar-refractivity contribution in [2.75, 3.05) is 33.2 Å². The number of piperidine rings is 1. The summed E-state index contributed by atoms with van der Waals surface area (Å²) in [5.41, 5.74) is 0.957. The number of nitrogens with zero attached hydrogens (tertiary/aromatic N) is 2. The lowest BCUT2D eigenvalue weighted by Crippen LogP contribution is -2.49. The maximum Gasteiger partial charge on any atom is 0.191 e. The Balaban J connectivity index is 0.00000261. The van der Waals surface area contributed by atoms with Crippen LogP contribution in [0.15, 0.2) is 39.7 Å². The Morgan fingerprint density at radius 1 is 1.26 bits per heavy atom. The Hall–Kier alpha value is -1.28. The van der Waals surface area contributed by atoms with Gasteiger partial charge in [-0.2, -0.15) is 0 Å². The Labute approximate surface area is 180 Å². The highest BCUT2D eigenvalue weighted by atomic mass is 127. The lowest BCUT2D eigenvalue weighted by atomic mass is 10.0. The first-order valence-corrected chi connectivity index (χ1v) is 9.81. The average Bonchev–Trinajstić information content (AvgIpc) is 3.04. The number of guanidine groups is 1. The Morgan fingerprint density at radius 2 is 2.00 bits per heavy atom. The Morgan fingerprint density at radius 3 is 2.67 bits per heavy atom. The minimum atomic E-state index is 0. The van der Waals surface area contributed by atoms with Gasteiger partial charge in [0, 0.05) is 51.1 Å². The first-order chi connectivity index (χ1) is 12.6. The second-order valence-corrected chi connectivity index (χ2v) is 7.61. The summed E-state index contributed by atoms with van der Waals surface area (Å²) < 4.78 is 5.87. The van der Waals surface area contributed by atoms with E-state index in [4.69, 9.17) is 4.42 Å². The number of benzene rings is 1. The number of aliphatic imine (C=N–C) groups is 1. The number of nitrogens with one attached hydrogen (secondary N) is 2. The number of hydrogen-bond donors (Lipinski definition) is 2. The number of furan rings is 1. The second kappa shape index (κ2) is 10.9. The van der Waals surface area contributed by atoms with Gasteiger partial charge in [0.2, 0.25) is 0 Å². The molecule has 2 N–H and O–H groups in total. The molecule has 0 spiro atoms. The van der Waals surface area contributed by atoms with E-state index >= 15 is 0 Å². The van der Waals surface area contributed by atoms with Crippen molar-refractivity contribution >= 4 is 40.9 Å². The van der Waals surface area contributed by atoms with Crippen LogP contribution in [0.25, 0.3) is 11.0 Å². The van der Waals surface area contributed by atoms with Gasteiger partial charge in [0.05, 0.1) is 0 Å². The summed E-state index contributed by atoms with van der Waals surface area (Å²) >= 11 is 0. The van der Waals surface area contributed by atoms with Crippen LogP contribution in [-0.2, 0) is 6.42 Å². The number of likely N-dealkylation sites (tertiary alicyclic amines) is 1. The zero-order valence-corrected chi connectivity index (χ0v) is 19.0. The molecule has 150 valence electrons. The van der Waals surface area contributed by atoms with Crippen molar-refractivity contribution in [3.63, 3.8) is 0 Å². The first kappa shape index (κ1) is 22.0. The molecule has 6 heteroatoms. The van der Waals surface area contributed by atoms with E-state index in [2.05, 4.69) is 46.5 Å². The molecule has 0 bridgehead atoms. The number of fused-ring (bicyclic) bond motifs is 1. The first-order valence-electron chi connectivity index (χ1n) is 9.81. The average molecular weight is 484 g/mol. The molecule has 1 aromatic carbocycles. The fourth-order valence-corrected chi connectivity index (χ4v) is 3.63. The van der Waals surface area contributed by atoms with Crippen molar-refractivity contribution in [1.82, 2.24) is 15.5 Å². The predicted molar refractivity (Wildman–Crippen MR) is 124 cm³/mol. The van der Waals surface area contributed by atoms with Crippen LogP contribution < -0.4 is 10.6 Å². The molecule has 1 fully saturated rings. The molecule has 1 aromatic heterocycles. The zero-order chi connectivity index (χ0) is 18.4. The van der Waals surface area contributed by atoms with Crippen LogP contribution in [0.2, 0.25) is 0 Å². The molecular formula is C21H33IN4O. The monoisotopic (exact) mass is 484 g/mol. The van der Waals surface area contributed by atoms with Gasteiger partial charge in [-0.15, -0.1) is 24.0 Å². The lowest BCUT2D eigenvalue weighted by Gasteiger charge is -2.33. The van der Waals surface area contributed by atoms with Gasteiger partial charge in [0.15, 0.2) is 5.96 Å². The predicted octanol–water partition coefficient (Wildman–Crippen LogP) is 3.88. The van der Waals surface area contributed by atoms with Gasteiger partial charge < -0.3 is 20.0 Å². The standard InChI is InChI=1S/C21H32N4O.HI/c1-16(2)15-25-12-9-18(10-13-25)24-21(22-3)23-11-8-19-14-17-6-4-5-7-20(17)26-19;/h4-7,14,16,18H,8-13,15H2,1-3H3,(H2,22,23,24);1H. The topological polar surface area (TPSA) is 52.8 Å². The van der Waals surface area contributed by atoms with Crippen LogP contribution in [0.4, 0.5) is 0 Å². The van der Waals surface area contributed by atoms with Crippen molar-refractivity contribution in [3.05, 3.63) is 36.1 Å². The minimum Gasteiger partial charge on any atom is -0.461 e. The fourth-order valence-electron chi connectivity index (χ4n) is 3.63. The van der Waals surface area contributed by atoms with Crippen LogP contribution in [-0.4, -0.2) is 50.1 Å². The van der Waals surface area contributed by atoms with E-state index in [0.717, 1.165) is 41.6 Å². The van der Waals surface area contributed by atoms with Crippen LogP contribution >= 0.6 is 24.0 Å². The van der Waals surface area contributed by atoms with Crippen LogP contribution in [0.1, 0.15) is 32.4 Å². The van der Waals surface area contributed by atoms with Crippen molar-refractivity contribution in [1.29, 1.82) is 0 Å². The summed E-state index contributed by atoms with van der Waals surface area (Å²) in [5.74, 6) is 2.65. The number of halogens is 1. The molecule has 1 aliphatic rings. The summed E-state index contributed by atoms with van der Waals surface area (Å²) in [7, 11) is 1.84. The van der Waals surface area contributed by atoms with Gasteiger partial charge in [-0.1, -0.05) is 32.0 Å². The summed E-state index contributed by atoms with van der Waals surface area (Å²) in [4.78, 5) is 6.94. The van der Waals surface area contributed by atoms with E-state index < -0.39 is 0 Å². The highest BCUT2D eigenvalue weighted by molar-refractivity contribution is 14.0. The molecule has 0 saturated carbocycles. The molecular weight excluding hydrogens is 451 g/mol. The maximum absolute atomic E-state index is 5.87. The number of hydrogen-bond acceptors (Lipinski definition) is 3. The largest absolute Gasteiger partial charge is 0.461 e. The van der Waals surface area contributed by atoms with Gasteiger partial charge in [-0.05, 0) is 30.9 Å².